The molecule has 1 aliphatic heterocycles. The van der Waals surface area contributed by atoms with Crippen molar-refractivity contribution < 1.29 is 24.7 Å². The van der Waals surface area contributed by atoms with Gasteiger partial charge in [0.05, 0.1) is 18.6 Å². The Balaban J connectivity index is 1.93. The molecular weight excluding hydrogens is 362 g/mol. The van der Waals surface area contributed by atoms with Crippen LogP contribution in [0.2, 0.25) is 0 Å². The Bertz CT molecular complexity index is 703. The van der Waals surface area contributed by atoms with Crippen molar-refractivity contribution in [2.75, 3.05) is 19.8 Å². The van der Waals surface area contributed by atoms with Crippen molar-refractivity contribution >= 4 is 5.97 Å². The predicted molar refractivity (Wildman–Crippen MR) is 103 cm³/mol. The molecule has 6 unspecified atom stereocenters. The van der Waals surface area contributed by atoms with E-state index in [-0.39, 0.29) is 41.9 Å². The van der Waals surface area contributed by atoms with Crippen LogP contribution in [-0.4, -0.2) is 47.0 Å². The van der Waals surface area contributed by atoms with Crippen LogP contribution in [0.25, 0.3) is 0 Å². The number of nitro groups is 1. The van der Waals surface area contributed by atoms with E-state index in [2.05, 4.69) is 13.5 Å². The van der Waals surface area contributed by atoms with Crippen LogP contribution in [0.5, 0.6) is 0 Å². The highest BCUT2D eigenvalue weighted by Crippen LogP contribution is 2.62. The van der Waals surface area contributed by atoms with Gasteiger partial charge in [-0.2, -0.15) is 0 Å². The van der Waals surface area contributed by atoms with E-state index in [1.807, 2.05) is 6.92 Å². The van der Waals surface area contributed by atoms with Crippen molar-refractivity contribution in [3.63, 3.8) is 0 Å². The Labute approximate surface area is 165 Å². The molecule has 6 atom stereocenters. The second kappa shape index (κ2) is 7.59. The zero-order chi connectivity index (χ0) is 20.7. The number of aliphatic hydroxyl groups is 2. The zero-order valence-electron chi connectivity index (χ0n) is 16.7. The van der Waals surface area contributed by atoms with Crippen molar-refractivity contribution in [3.8, 4) is 0 Å². The third-order valence-corrected chi connectivity index (χ3v) is 7.78. The first-order chi connectivity index (χ1) is 13.1. The molecule has 0 aromatic heterocycles. The minimum atomic E-state index is -0.601. The highest BCUT2D eigenvalue weighted by molar-refractivity contribution is 5.91. The normalized spacial score (nSPS) is 39.1. The Morgan fingerprint density at radius 2 is 2.14 bits per heavy atom. The molecule has 156 valence electrons. The second-order valence-corrected chi connectivity index (χ2v) is 9.23. The Hall–Kier alpha value is -1.73. The third-order valence-electron chi connectivity index (χ3n) is 7.78. The first-order valence-corrected chi connectivity index (χ1v) is 10.1. The van der Waals surface area contributed by atoms with Gasteiger partial charge in [-0.05, 0) is 55.4 Å². The topological polar surface area (TPSA) is 110 Å². The molecule has 0 saturated heterocycles. The van der Waals surface area contributed by atoms with Crippen molar-refractivity contribution in [3.05, 3.63) is 33.9 Å². The number of ether oxygens (including phenoxy) is 1. The molecule has 7 heteroatoms. The number of nitrogens with zero attached hydrogens (tertiary/aromatic N) is 1. The molecule has 3 rings (SSSR count). The summed E-state index contributed by atoms with van der Waals surface area (Å²) in [5.74, 6) is -0.905. The summed E-state index contributed by atoms with van der Waals surface area (Å²) in [6.45, 7) is 8.14. The number of hydrogen-bond acceptors (Lipinski definition) is 6. The molecule has 1 heterocycles. The smallest absolute Gasteiger partial charge is 0.334 e. The summed E-state index contributed by atoms with van der Waals surface area (Å²) < 4.78 is 5.00. The summed E-state index contributed by atoms with van der Waals surface area (Å²) in [7, 11) is 0. The highest BCUT2D eigenvalue weighted by Gasteiger charge is 2.58. The standard InChI is InChI=1S/C21H31NO6/c1-13-4-5-17-20(2,8-6-18(24)21(17,3)12-23)16(13)10-14(11-22(26)27)15-7-9-28-19(15)25/h7,14,16-18,23-24H,1,4-6,8-12H2,2-3H3. The second-order valence-electron chi connectivity index (χ2n) is 9.23. The summed E-state index contributed by atoms with van der Waals surface area (Å²) in [6.07, 6.45) is 4.51. The van der Waals surface area contributed by atoms with Crippen LogP contribution in [-0.2, 0) is 9.53 Å². The van der Waals surface area contributed by atoms with Crippen LogP contribution >= 0.6 is 0 Å². The molecule has 0 aromatic carbocycles. The van der Waals surface area contributed by atoms with Gasteiger partial charge in [-0.1, -0.05) is 26.0 Å². The molecule has 0 spiro atoms. The van der Waals surface area contributed by atoms with E-state index in [4.69, 9.17) is 4.74 Å². The first-order valence-electron chi connectivity index (χ1n) is 10.1. The number of hydrogen-bond donors (Lipinski definition) is 2. The average molecular weight is 393 g/mol. The van der Waals surface area contributed by atoms with Gasteiger partial charge >= 0.3 is 5.97 Å². The van der Waals surface area contributed by atoms with Crippen molar-refractivity contribution in [1.82, 2.24) is 0 Å². The van der Waals surface area contributed by atoms with E-state index in [1.54, 1.807) is 6.08 Å². The number of rotatable bonds is 6. The van der Waals surface area contributed by atoms with Gasteiger partial charge < -0.3 is 14.9 Å². The van der Waals surface area contributed by atoms with E-state index in [1.165, 1.54) is 0 Å². The number of allylic oxidation sites excluding steroid dienone is 1. The molecule has 2 fully saturated rings. The fourth-order valence-electron chi connectivity index (χ4n) is 6.11. The summed E-state index contributed by atoms with van der Waals surface area (Å²) in [6, 6.07) is 0. The lowest BCUT2D eigenvalue weighted by Gasteiger charge is -2.60. The fourth-order valence-corrected chi connectivity index (χ4v) is 6.11. The molecule has 0 radical (unpaired) electrons. The van der Waals surface area contributed by atoms with E-state index in [0.29, 0.717) is 18.4 Å². The molecule has 2 N–H and O–H groups in total. The van der Waals surface area contributed by atoms with Crippen LogP contribution in [0, 0.1) is 38.7 Å². The number of cyclic esters (lactones) is 1. The summed E-state index contributed by atoms with van der Waals surface area (Å²) in [5.41, 5.74) is 0.617. The van der Waals surface area contributed by atoms with Crippen LogP contribution in [0.3, 0.4) is 0 Å². The summed E-state index contributed by atoms with van der Waals surface area (Å²) in [4.78, 5) is 23.0. The molecule has 28 heavy (non-hydrogen) atoms. The van der Waals surface area contributed by atoms with Gasteiger partial charge in [0.2, 0.25) is 6.54 Å². The molecule has 7 nitrogen and oxygen atoms in total. The van der Waals surface area contributed by atoms with Gasteiger partial charge in [0.15, 0.2) is 0 Å². The lowest BCUT2D eigenvalue weighted by molar-refractivity contribution is -0.486. The largest absolute Gasteiger partial charge is 0.458 e. The number of carbonyl (C=O) groups is 1. The van der Waals surface area contributed by atoms with Crippen molar-refractivity contribution in [2.45, 2.75) is 52.1 Å². The lowest BCUT2D eigenvalue weighted by Crippen LogP contribution is -2.57. The number of esters is 1. The maximum absolute atomic E-state index is 12.1. The minimum Gasteiger partial charge on any atom is -0.458 e. The number of fused-ring (bicyclic) bond motifs is 1. The van der Waals surface area contributed by atoms with Gasteiger partial charge in [-0.15, -0.1) is 0 Å². The SMILES string of the molecule is C=C1CCC2C(C)(CO)C(O)CCC2(C)C1CC(C[N+](=O)[O-])C1=CCOC1=O. The van der Waals surface area contributed by atoms with Crippen LogP contribution in [0.15, 0.2) is 23.8 Å². The van der Waals surface area contributed by atoms with E-state index in [9.17, 15) is 25.1 Å². The molecular formula is C21H31NO6. The average Bonchev–Trinajstić information content (AvgIpc) is 3.06. The van der Waals surface area contributed by atoms with Gasteiger partial charge in [0, 0.05) is 15.9 Å². The molecule has 2 aliphatic carbocycles. The number of aliphatic hydroxyl groups excluding tert-OH is 2. The fraction of sp³-hybridized carbons (Fsp3) is 0.762. The molecule has 0 aromatic rings. The van der Waals surface area contributed by atoms with E-state index in [0.717, 1.165) is 24.8 Å². The lowest BCUT2D eigenvalue weighted by atomic mass is 9.45. The number of carbonyl (C=O) groups excluding carboxylic acids is 1. The Morgan fingerprint density at radius 1 is 1.43 bits per heavy atom. The first kappa shape index (κ1) is 21.0. The van der Waals surface area contributed by atoms with E-state index < -0.39 is 23.4 Å². The van der Waals surface area contributed by atoms with Gasteiger partial charge in [0.25, 0.3) is 0 Å². The minimum absolute atomic E-state index is 0.0103. The summed E-state index contributed by atoms with van der Waals surface area (Å²) in [5, 5.41) is 32.0. The quantitative estimate of drug-likeness (QED) is 0.310. The Kier molecular flexibility index (Phi) is 5.69. The van der Waals surface area contributed by atoms with Gasteiger partial charge in [-0.25, -0.2) is 4.79 Å². The van der Waals surface area contributed by atoms with Crippen LogP contribution in [0.4, 0.5) is 0 Å². The third kappa shape index (κ3) is 3.39. The van der Waals surface area contributed by atoms with Crippen LogP contribution in [0.1, 0.15) is 46.0 Å². The molecule has 0 bridgehead atoms. The van der Waals surface area contributed by atoms with Gasteiger partial charge in [-0.3, -0.25) is 10.1 Å². The zero-order valence-corrected chi connectivity index (χ0v) is 16.7. The van der Waals surface area contributed by atoms with Crippen molar-refractivity contribution in [1.29, 1.82) is 0 Å². The molecule has 0 amide bonds. The molecule has 2 saturated carbocycles. The monoisotopic (exact) mass is 393 g/mol. The van der Waals surface area contributed by atoms with E-state index >= 15 is 0 Å². The Morgan fingerprint density at radius 3 is 2.71 bits per heavy atom. The highest BCUT2D eigenvalue weighted by atomic mass is 16.6. The van der Waals surface area contributed by atoms with Gasteiger partial charge in [0.1, 0.15) is 6.61 Å². The summed E-state index contributed by atoms with van der Waals surface area (Å²) >= 11 is 0. The predicted octanol–water partition coefficient (Wildman–Crippen LogP) is 2.49. The maximum atomic E-state index is 12.1. The van der Waals surface area contributed by atoms with Crippen molar-refractivity contribution in [2.24, 2.45) is 28.6 Å². The molecule has 3 aliphatic rings. The van der Waals surface area contributed by atoms with Crippen LogP contribution < -0.4 is 0 Å². The maximum Gasteiger partial charge on any atom is 0.334 e.